The van der Waals surface area contributed by atoms with Crippen molar-refractivity contribution in [2.45, 2.75) is 20.0 Å². The third-order valence-corrected chi connectivity index (χ3v) is 5.09. The summed E-state index contributed by atoms with van der Waals surface area (Å²) in [6.07, 6.45) is -0.578. The smallest absolute Gasteiger partial charge is 0.265 e. The summed E-state index contributed by atoms with van der Waals surface area (Å²) in [5, 5.41) is 10.2. The number of hydrogen-bond acceptors (Lipinski definition) is 5. The second-order valence-electron chi connectivity index (χ2n) is 6.47. The molecule has 148 valence electrons. The highest BCUT2D eigenvalue weighted by Crippen LogP contribution is 2.37. The normalized spacial score (nSPS) is 15.3. The Morgan fingerprint density at radius 3 is 2.66 bits per heavy atom. The lowest BCUT2D eigenvalue weighted by Gasteiger charge is -2.23. The van der Waals surface area contributed by atoms with Crippen LogP contribution in [0.25, 0.3) is 11.3 Å². The van der Waals surface area contributed by atoms with Crippen LogP contribution in [0.3, 0.4) is 0 Å². The number of aryl methyl sites for hydroxylation is 1. The Morgan fingerprint density at radius 1 is 1.21 bits per heavy atom. The lowest BCUT2D eigenvalue weighted by atomic mass is 10.1. The molecule has 0 saturated carbocycles. The van der Waals surface area contributed by atoms with Gasteiger partial charge in [0.25, 0.3) is 11.8 Å². The van der Waals surface area contributed by atoms with Crippen molar-refractivity contribution in [3.8, 4) is 17.0 Å². The lowest BCUT2D eigenvalue weighted by Crippen LogP contribution is -2.34. The SMILES string of the molecule is Cc1onc(-c2c(Cl)cccc2Cl)c1C(=O)Nc1ccc2c(c1)NC(=O)[C@H](C)O2. The number of amides is 2. The highest BCUT2D eigenvalue weighted by atomic mass is 35.5. The molecule has 0 aliphatic carbocycles. The molecule has 2 amide bonds. The van der Waals surface area contributed by atoms with Crippen molar-refractivity contribution in [2.24, 2.45) is 0 Å². The first kappa shape index (κ1) is 19.3. The van der Waals surface area contributed by atoms with Crippen LogP contribution in [0.1, 0.15) is 23.0 Å². The molecule has 29 heavy (non-hydrogen) atoms. The van der Waals surface area contributed by atoms with Crippen LogP contribution >= 0.6 is 23.2 Å². The zero-order valence-corrected chi connectivity index (χ0v) is 16.9. The van der Waals surface area contributed by atoms with Crippen molar-refractivity contribution in [2.75, 3.05) is 10.6 Å². The third kappa shape index (κ3) is 3.54. The highest BCUT2D eigenvalue weighted by molar-refractivity contribution is 6.39. The predicted octanol–water partition coefficient (Wildman–Crippen LogP) is 4.93. The van der Waals surface area contributed by atoms with E-state index in [-0.39, 0.29) is 17.2 Å². The van der Waals surface area contributed by atoms with Gasteiger partial charge in [0, 0.05) is 11.3 Å². The third-order valence-electron chi connectivity index (χ3n) is 4.46. The van der Waals surface area contributed by atoms with E-state index in [0.29, 0.717) is 38.5 Å². The number of anilines is 2. The molecule has 0 fully saturated rings. The summed E-state index contributed by atoms with van der Waals surface area (Å²) in [5.41, 5.74) is 1.81. The molecule has 1 aliphatic heterocycles. The molecule has 0 radical (unpaired) electrons. The summed E-state index contributed by atoms with van der Waals surface area (Å²) < 4.78 is 10.7. The van der Waals surface area contributed by atoms with Gasteiger partial charge in [-0.1, -0.05) is 34.4 Å². The summed E-state index contributed by atoms with van der Waals surface area (Å²) >= 11 is 12.5. The zero-order chi connectivity index (χ0) is 20.7. The number of nitrogens with one attached hydrogen (secondary N) is 2. The number of rotatable bonds is 3. The Kier molecular flexibility index (Phi) is 4.94. The minimum Gasteiger partial charge on any atom is -0.479 e. The quantitative estimate of drug-likeness (QED) is 0.612. The molecule has 2 aromatic carbocycles. The van der Waals surface area contributed by atoms with E-state index >= 15 is 0 Å². The molecule has 1 aromatic heterocycles. The van der Waals surface area contributed by atoms with Crippen LogP contribution in [0.5, 0.6) is 5.75 Å². The van der Waals surface area contributed by atoms with Crippen LogP contribution in [-0.2, 0) is 4.79 Å². The summed E-state index contributed by atoms with van der Waals surface area (Å²) in [6, 6.07) is 9.97. The van der Waals surface area contributed by atoms with Crippen LogP contribution < -0.4 is 15.4 Å². The molecule has 1 atom stereocenters. The number of hydrogen-bond donors (Lipinski definition) is 2. The standard InChI is InChI=1S/C20H15Cl2N3O4/c1-9-16(18(25-29-9)17-12(21)4-3-5-13(17)22)20(27)23-11-6-7-15-14(8-11)24-19(26)10(2)28-15/h3-8,10H,1-2H3,(H,23,27)(H,24,26)/t10-/m0/s1. The molecule has 0 saturated heterocycles. The van der Waals surface area contributed by atoms with Gasteiger partial charge < -0.3 is 19.9 Å². The van der Waals surface area contributed by atoms with Gasteiger partial charge in [-0.2, -0.15) is 0 Å². The number of carbonyl (C=O) groups excluding carboxylic acids is 2. The van der Waals surface area contributed by atoms with Gasteiger partial charge >= 0.3 is 0 Å². The Balaban J connectivity index is 1.66. The molecule has 0 unspecified atom stereocenters. The number of ether oxygens (including phenoxy) is 1. The Hall–Kier alpha value is -3.03. The minimum atomic E-state index is -0.578. The number of benzene rings is 2. The minimum absolute atomic E-state index is 0.214. The van der Waals surface area contributed by atoms with E-state index in [0.717, 1.165) is 0 Å². The van der Waals surface area contributed by atoms with E-state index in [9.17, 15) is 9.59 Å². The fourth-order valence-electron chi connectivity index (χ4n) is 3.01. The summed E-state index contributed by atoms with van der Waals surface area (Å²) in [6.45, 7) is 3.28. The van der Waals surface area contributed by atoms with Crippen molar-refractivity contribution < 1.29 is 18.8 Å². The topological polar surface area (TPSA) is 93.5 Å². The summed E-state index contributed by atoms with van der Waals surface area (Å²) in [5.74, 6) is 0.134. The number of fused-ring (bicyclic) bond motifs is 1. The summed E-state index contributed by atoms with van der Waals surface area (Å²) in [4.78, 5) is 24.8. The van der Waals surface area contributed by atoms with Crippen molar-refractivity contribution in [1.82, 2.24) is 5.16 Å². The average Bonchev–Trinajstić information content (AvgIpc) is 3.04. The van der Waals surface area contributed by atoms with E-state index in [2.05, 4.69) is 15.8 Å². The second-order valence-corrected chi connectivity index (χ2v) is 7.29. The maximum Gasteiger partial charge on any atom is 0.265 e. The molecule has 2 N–H and O–H groups in total. The van der Waals surface area contributed by atoms with Gasteiger partial charge in [0.2, 0.25) is 0 Å². The van der Waals surface area contributed by atoms with Crippen molar-refractivity contribution in [3.63, 3.8) is 0 Å². The number of aromatic nitrogens is 1. The van der Waals surface area contributed by atoms with Crippen molar-refractivity contribution >= 4 is 46.4 Å². The van der Waals surface area contributed by atoms with Crippen LogP contribution in [0, 0.1) is 6.92 Å². The molecule has 9 heteroatoms. The van der Waals surface area contributed by atoms with Gasteiger partial charge in [0.15, 0.2) is 6.10 Å². The second kappa shape index (κ2) is 7.42. The molecule has 4 rings (SSSR count). The lowest BCUT2D eigenvalue weighted by molar-refractivity contribution is -0.122. The van der Waals surface area contributed by atoms with Crippen LogP contribution in [0.15, 0.2) is 40.9 Å². The Morgan fingerprint density at radius 2 is 1.93 bits per heavy atom. The molecular formula is C20H15Cl2N3O4. The first-order valence-electron chi connectivity index (χ1n) is 8.68. The Labute approximate surface area is 175 Å². The van der Waals surface area contributed by atoms with Crippen LogP contribution in [0.4, 0.5) is 11.4 Å². The molecule has 2 heterocycles. The van der Waals surface area contributed by atoms with Crippen molar-refractivity contribution in [1.29, 1.82) is 0 Å². The highest BCUT2D eigenvalue weighted by Gasteiger charge is 2.26. The maximum absolute atomic E-state index is 13.0. The van der Waals surface area contributed by atoms with E-state index in [4.69, 9.17) is 32.5 Å². The fraction of sp³-hybridized carbons (Fsp3) is 0.150. The largest absolute Gasteiger partial charge is 0.479 e. The van der Waals surface area contributed by atoms with Gasteiger partial charge in [-0.15, -0.1) is 0 Å². The van der Waals surface area contributed by atoms with E-state index in [1.165, 1.54) is 0 Å². The zero-order valence-electron chi connectivity index (χ0n) is 15.4. The summed E-state index contributed by atoms with van der Waals surface area (Å²) in [7, 11) is 0. The first-order valence-corrected chi connectivity index (χ1v) is 9.44. The van der Waals surface area contributed by atoms with Gasteiger partial charge in [-0.25, -0.2) is 0 Å². The molecule has 0 spiro atoms. The maximum atomic E-state index is 13.0. The van der Waals surface area contributed by atoms with Gasteiger partial charge in [-0.05, 0) is 44.2 Å². The van der Waals surface area contributed by atoms with Crippen LogP contribution in [-0.4, -0.2) is 23.1 Å². The Bertz CT molecular complexity index is 1120. The number of nitrogens with zero attached hydrogens (tertiary/aromatic N) is 1. The monoisotopic (exact) mass is 431 g/mol. The molecule has 1 aliphatic rings. The molecular weight excluding hydrogens is 417 g/mol. The first-order chi connectivity index (χ1) is 13.8. The molecule has 0 bridgehead atoms. The van der Waals surface area contributed by atoms with E-state index in [1.54, 1.807) is 50.2 Å². The molecule has 7 nitrogen and oxygen atoms in total. The fourth-order valence-corrected chi connectivity index (χ4v) is 3.59. The van der Waals surface area contributed by atoms with Crippen LogP contribution in [0.2, 0.25) is 10.0 Å². The van der Waals surface area contributed by atoms with Crippen molar-refractivity contribution in [3.05, 3.63) is 57.8 Å². The van der Waals surface area contributed by atoms with Gasteiger partial charge in [0.05, 0.1) is 15.7 Å². The predicted molar refractivity (Wildman–Crippen MR) is 110 cm³/mol. The number of halogens is 2. The number of carbonyl (C=O) groups is 2. The molecule has 3 aromatic rings. The van der Waals surface area contributed by atoms with E-state index < -0.39 is 12.0 Å². The average molecular weight is 432 g/mol. The van der Waals surface area contributed by atoms with Gasteiger partial charge in [0.1, 0.15) is 22.8 Å². The van der Waals surface area contributed by atoms with E-state index in [1.807, 2.05) is 0 Å². The van der Waals surface area contributed by atoms with Gasteiger partial charge in [-0.3, -0.25) is 9.59 Å².